The van der Waals surface area contributed by atoms with Gasteiger partial charge >= 0.3 is 6.09 Å². The summed E-state index contributed by atoms with van der Waals surface area (Å²) in [5.41, 5.74) is 0. The third-order valence-electron chi connectivity index (χ3n) is 3.82. The Bertz CT molecular complexity index is 254. The van der Waals surface area contributed by atoms with Gasteiger partial charge in [-0.2, -0.15) is 0 Å². The van der Waals surface area contributed by atoms with E-state index in [4.69, 9.17) is 5.11 Å². The van der Waals surface area contributed by atoms with E-state index in [-0.39, 0.29) is 6.04 Å². The lowest BCUT2D eigenvalue weighted by molar-refractivity contribution is 0.176. The van der Waals surface area contributed by atoms with Crippen LogP contribution in [0, 0.1) is 0 Å². The maximum Gasteiger partial charge on any atom is 0.404 e. The number of carbonyl (C=O) groups is 1. The molecule has 3 atom stereocenters. The molecule has 1 amide bonds. The van der Waals surface area contributed by atoms with Crippen molar-refractivity contribution in [1.29, 1.82) is 0 Å². The molecule has 1 heterocycles. The molecule has 1 saturated carbocycles. The molecule has 1 aliphatic heterocycles. The van der Waals surface area contributed by atoms with Crippen LogP contribution in [0.3, 0.4) is 0 Å². The Morgan fingerprint density at radius 3 is 2.53 bits per heavy atom. The minimum Gasteiger partial charge on any atom is -0.465 e. The van der Waals surface area contributed by atoms with Gasteiger partial charge in [0, 0.05) is 24.7 Å². The minimum absolute atomic E-state index is 0.0863. The van der Waals surface area contributed by atoms with E-state index in [1.165, 1.54) is 19.3 Å². The van der Waals surface area contributed by atoms with Crippen LogP contribution >= 0.6 is 0 Å². The van der Waals surface area contributed by atoms with E-state index < -0.39 is 6.09 Å². The number of piperidine rings is 1. The highest BCUT2D eigenvalue weighted by molar-refractivity contribution is 5.65. The SMILES string of the molecule is O=C(O)N[C@@H]1CCCC[C@H]1NC1CCCNC1. The molecule has 5 nitrogen and oxygen atoms in total. The quantitative estimate of drug-likeness (QED) is 0.592. The van der Waals surface area contributed by atoms with Gasteiger partial charge in [0.25, 0.3) is 0 Å². The normalized spacial score (nSPS) is 34.2. The highest BCUT2D eigenvalue weighted by Crippen LogP contribution is 2.20. The molecule has 2 aliphatic rings. The summed E-state index contributed by atoms with van der Waals surface area (Å²) < 4.78 is 0. The molecule has 17 heavy (non-hydrogen) atoms. The summed E-state index contributed by atoms with van der Waals surface area (Å²) in [5.74, 6) is 0. The van der Waals surface area contributed by atoms with Gasteiger partial charge in [0.15, 0.2) is 0 Å². The van der Waals surface area contributed by atoms with Crippen LogP contribution < -0.4 is 16.0 Å². The van der Waals surface area contributed by atoms with Crippen LogP contribution in [-0.4, -0.2) is 42.4 Å². The molecule has 0 spiro atoms. The molecule has 0 aromatic heterocycles. The van der Waals surface area contributed by atoms with Gasteiger partial charge in [0.05, 0.1) is 0 Å². The highest BCUT2D eigenvalue weighted by Gasteiger charge is 2.28. The molecule has 0 aromatic carbocycles. The number of rotatable bonds is 3. The van der Waals surface area contributed by atoms with Crippen molar-refractivity contribution in [3.8, 4) is 0 Å². The Balaban J connectivity index is 1.84. The predicted molar refractivity (Wildman–Crippen MR) is 66.2 cm³/mol. The maximum absolute atomic E-state index is 10.8. The molecule has 0 aromatic rings. The molecule has 98 valence electrons. The van der Waals surface area contributed by atoms with Gasteiger partial charge < -0.3 is 21.1 Å². The first-order chi connectivity index (χ1) is 8.25. The second-order valence-corrected chi connectivity index (χ2v) is 5.16. The van der Waals surface area contributed by atoms with Crippen LogP contribution in [0.15, 0.2) is 0 Å². The lowest BCUT2D eigenvalue weighted by Crippen LogP contribution is -2.56. The van der Waals surface area contributed by atoms with Crippen molar-refractivity contribution in [3.05, 3.63) is 0 Å². The molecule has 1 saturated heterocycles. The number of nitrogens with one attached hydrogen (secondary N) is 3. The van der Waals surface area contributed by atoms with Crippen LogP contribution in [-0.2, 0) is 0 Å². The number of amides is 1. The third-order valence-corrected chi connectivity index (χ3v) is 3.82. The van der Waals surface area contributed by atoms with Crippen molar-refractivity contribution in [2.75, 3.05) is 13.1 Å². The fourth-order valence-corrected chi connectivity index (χ4v) is 2.96. The summed E-state index contributed by atoms with van der Waals surface area (Å²) in [7, 11) is 0. The molecular formula is C12H23N3O2. The van der Waals surface area contributed by atoms with Gasteiger partial charge in [0.1, 0.15) is 0 Å². The van der Waals surface area contributed by atoms with Gasteiger partial charge in [-0.1, -0.05) is 12.8 Å². The lowest BCUT2D eigenvalue weighted by Gasteiger charge is -2.36. The Morgan fingerprint density at radius 1 is 1.12 bits per heavy atom. The van der Waals surface area contributed by atoms with Crippen LogP contribution in [0.1, 0.15) is 38.5 Å². The Kier molecular flexibility index (Phi) is 4.62. The highest BCUT2D eigenvalue weighted by atomic mass is 16.4. The van der Waals surface area contributed by atoms with E-state index in [1.54, 1.807) is 0 Å². The first kappa shape index (κ1) is 12.6. The van der Waals surface area contributed by atoms with Crippen molar-refractivity contribution >= 4 is 6.09 Å². The van der Waals surface area contributed by atoms with Crippen LogP contribution in [0.4, 0.5) is 4.79 Å². The third kappa shape index (κ3) is 3.85. The van der Waals surface area contributed by atoms with Crippen molar-refractivity contribution < 1.29 is 9.90 Å². The van der Waals surface area contributed by atoms with E-state index in [2.05, 4.69) is 16.0 Å². The summed E-state index contributed by atoms with van der Waals surface area (Å²) >= 11 is 0. The van der Waals surface area contributed by atoms with Crippen LogP contribution in [0.5, 0.6) is 0 Å². The first-order valence-corrected chi connectivity index (χ1v) is 6.72. The average Bonchev–Trinajstić information content (AvgIpc) is 2.32. The average molecular weight is 241 g/mol. The number of carboxylic acid groups (broad SMARTS) is 1. The zero-order chi connectivity index (χ0) is 12.1. The van der Waals surface area contributed by atoms with E-state index in [1.807, 2.05) is 0 Å². The number of hydrogen-bond donors (Lipinski definition) is 4. The summed E-state index contributed by atoms with van der Waals surface area (Å²) in [6, 6.07) is 0.901. The van der Waals surface area contributed by atoms with E-state index in [0.717, 1.165) is 32.4 Å². The van der Waals surface area contributed by atoms with Crippen molar-refractivity contribution in [2.24, 2.45) is 0 Å². The summed E-state index contributed by atoms with van der Waals surface area (Å²) in [6.45, 7) is 2.12. The van der Waals surface area contributed by atoms with E-state index in [9.17, 15) is 4.79 Å². The van der Waals surface area contributed by atoms with Gasteiger partial charge in [-0.05, 0) is 32.2 Å². The number of hydrogen-bond acceptors (Lipinski definition) is 3. The fourth-order valence-electron chi connectivity index (χ4n) is 2.96. The second-order valence-electron chi connectivity index (χ2n) is 5.16. The van der Waals surface area contributed by atoms with Crippen LogP contribution in [0.25, 0.3) is 0 Å². The van der Waals surface area contributed by atoms with Gasteiger partial charge in [-0.25, -0.2) is 4.79 Å². The van der Waals surface area contributed by atoms with E-state index in [0.29, 0.717) is 12.1 Å². The largest absolute Gasteiger partial charge is 0.465 e. The maximum atomic E-state index is 10.8. The topological polar surface area (TPSA) is 73.4 Å². The van der Waals surface area contributed by atoms with Crippen LogP contribution in [0.2, 0.25) is 0 Å². The molecule has 1 unspecified atom stereocenters. The second kappa shape index (κ2) is 6.21. The standard InChI is InChI=1S/C12H23N3O2/c16-12(17)15-11-6-2-1-5-10(11)14-9-4-3-7-13-8-9/h9-11,13-15H,1-8H2,(H,16,17)/t9?,10-,11-/m1/s1. The zero-order valence-corrected chi connectivity index (χ0v) is 10.2. The molecule has 0 radical (unpaired) electrons. The molecule has 2 fully saturated rings. The summed E-state index contributed by atoms with van der Waals surface area (Å²) in [4.78, 5) is 10.8. The molecule has 1 aliphatic carbocycles. The molecular weight excluding hydrogens is 218 g/mol. The Hall–Kier alpha value is -0.810. The lowest BCUT2D eigenvalue weighted by atomic mass is 9.89. The van der Waals surface area contributed by atoms with Crippen molar-refractivity contribution in [1.82, 2.24) is 16.0 Å². The van der Waals surface area contributed by atoms with Gasteiger partial charge in [-0.3, -0.25) is 0 Å². The van der Waals surface area contributed by atoms with Gasteiger partial charge in [-0.15, -0.1) is 0 Å². The minimum atomic E-state index is -0.898. The Morgan fingerprint density at radius 2 is 1.88 bits per heavy atom. The molecule has 5 heteroatoms. The Labute approximate surface area is 102 Å². The molecule has 0 bridgehead atoms. The molecule has 2 rings (SSSR count). The summed E-state index contributed by atoms with van der Waals surface area (Å²) in [6.07, 6.45) is 5.89. The van der Waals surface area contributed by atoms with Crippen molar-refractivity contribution in [2.45, 2.75) is 56.7 Å². The van der Waals surface area contributed by atoms with Crippen molar-refractivity contribution in [3.63, 3.8) is 0 Å². The summed E-state index contributed by atoms with van der Waals surface area (Å²) in [5, 5.41) is 18.5. The molecule has 4 N–H and O–H groups in total. The monoisotopic (exact) mass is 241 g/mol. The fraction of sp³-hybridized carbons (Fsp3) is 0.917. The first-order valence-electron chi connectivity index (χ1n) is 6.72. The van der Waals surface area contributed by atoms with E-state index >= 15 is 0 Å². The smallest absolute Gasteiger partial charge is 0.404 e. The zero-order valence-electron chi connectivity index (χ0n) is 10.2. The van der Waals surface area contributed by atoms with Gasteiger partial charge in [0.2, 0.25) is 0 Å². The predicted octanol–water partition coefficient (Wildman–Crippen LogP) is 0.907.